The molecule has 0 radical (unpaired) electrons. The molecule has 1 rings (SSSR count). The van der Waals surface area contributed by atoms with Crippen LogP contribution in [0.3, 0.4) is 0 Å². The van der Waals surface area contributed by atoms with Gasteiger partial charge in [-0.1, -0.05) is 0 Å². The number of hydrogen-bond acceptors (Lipinski definition) is 5. The standard InChI is InChI=1S/C13H27N3O3/c1-15(7-4-6-14)13(17)5-8-16-9-11(18-2)12(10-16)19-3/h11-12H,4-10,14H2,1-3H3. The van der Waals surface area contributed by atoms with Gasteiger partial charge in [-0.05, 0) is 13.0 Å². The van der Waals surface area contributed by atoms with Crippen LogP contribution in [-0.2, 0) is 14.3 Å². The fourth-order valence-electron chi connectivity index (χ4n) is 2.35. The number of ether oxygens (including phenoxy) is 2. The Kier molecular flexibility index (Phi) is 7.30. The van der Waals surface area contributed by atoms with E-state index in [0.717, 1.165) is 32.6 Å². The molecule has 6 nitrogen and oxygen atoms in total. The summed E-state index contributed by atoms with van der Waals surface area (Å²) in [5.74, 6) is 0.170. The second-order valence-corrected chi connectivity index (χ2v) is 5.02. The average molecular weight is 273 g/mol. The van der Waals surface area contributed by atoms with Crippen LogP contribution < -0.4 is 5.73 Å². The lowest BCUT2D eigenvalue weighted by molar-refractivity contribution is -0.130. The zero-order valence-corrected chi connectivity index (χ0v) is 12.3. The van der Waals surface area contributed by atoms with Gasteiger partial charge in [0, 0.05) is 53.9 Å². The molecule has 6 heteroatoms. The minimum absolute atomic E-state index is 0.107. The Labute approximate surface area is 115 Å². The van der Waals surface area contributed by atoms with Crippen molar-refractivity contribution < 1.29 is 14.3 Å². The van der Waals surface area contributed by atoms with Crippen LogP contribution in [0.15, 0.2) is 0 Å². The summed E-state index contributed by atoms with van der Waals surface area (Å²) in [7, 11) is 5.23. The zero-order valence-electron chi connectivity index (χ0n) is 12.3. The molecule has 0 saturated carbocycles. The lowest BCUT2D eigenvalue weighted by Crippen LogP contribution is -2.33. The van der Waals surface area contributed by atoms with Crippen LogP contribution in [0.2, 0.25) is 0 Å². The Hall–Kier alpha value is -0.690. The zero-order chi connectivity index (χ0) is 14.3. The van der Waals surface area contributed by atoms with Crippen molar-refractivity contribution in [2.75, 3.05) is 54.0 Å². The van der Waals surface area contributed by atoms with Gasteiger partial charge >= 0.3 is 0 Å². The average Bonchev–Trinajstić information content (AvgIpc) is 2.84. The number of carbonyl (C=O) groups is 1. The number of rotatable bonds is 8. The summed E-state index contributed by atoms with van der Waals surface area (Å²) in [4.78, 5) is 15.9. The molecule has 1 heterocycles. The molecule has 0 aromatic rings. The fourth-order valence-corrected chi connectivity index (χ4v) is 2.35. The van der Waals surface area contributed by atoms with Crippen molar-refractivity contribution in [2.24, 2.45) is 5.73 Å². The summed E-state index contributed by atoms with van der Waals surface area (Å²) < 4.78 is 10.8. The van der Waals surface area contributed by atoms with E-state index in [-0.39, 0.29) is 18.1 Å². The number of methoxy groups -OCH3 is 2. The first kappa shape index (κ1) is 16.4. The van der Waals surface area contributed by atoms with Crippen molar-refractivity contribution >= 4 is 5.91 Å². The summed E-state index contributed by atoms with van der Waals surface area (Å²) in [6, 6.07) is 0. The molecule has 2 unspecified atom stereocenters. The highest BCUT2D eigenvalue weighted by molar-refractivity contribution is 5.76. The molecule has 0 bridgehead atoms. The highest BCUT2D eigenvalue weighted by atomic mass is 16.5. The van der Waals surface area contributed by atoms with Gasteiger partial charge in [-0.2, -0.15) is 0 Å². The highest BCUT2D eigenvalue weighted by Gasteiger charge is 2.32. The van der Waals surface area contributed by atoms with E-state index in [2.05, 4.69) is 4.90 Å². The van der Waals surface area contributed by atoms with Gasteiger partial charge in [0.15, 0.2) is 0 Å². The van der Waals surface area contributed by atoms with Crippen molar-refractivity contribution in [3.8, 4) is 0 Å². The van der Waals surface area contributed by atoms with Crippen LogP contribution in [0, 0.1) is 0 Å². The number of nitrogens with two attached hydrogens (primary N) is 1. The molecule has 1 fully saturated rings. The lowest BCUT2D eigenvalue weighted by atomic mass is 10.3. The molecule has 1 amide bonds. The van der Waals surface area contributed by atoms with Gasteiger partial charge in [0.1, 0.15) is 0 Å². The quantitative estimate of drug-likeness (QED) is 0.647. The maximum absolute atomic E-state index is 11.9. The molecule has 1 saturated heterocycles. The Morgan fingerprint density at radius 3 is 2.37 bits per heavy atom. The molecule has 2 atom stereocenters. The first-order valence-corrected chi connectivity index (χ1v) is 6.84. The van der Waals surface area contributed by atoms with Gasteiger partial charge in [-0.15, -0.1) is 0 Å². The molecule has 1 aliphatic heterocycles. The van der Waals surface area contributed by atoms with Gasteiger partial charge in [-0.3, -0.25) is 9.69 Å². The van der Waals surface area contributed by atoms with Gasteiger partial charge in [0.05, 0.1) is 12.2 Å². The van der Waals surface area contributed by atoms with E-state index in [1.165, 1.54) is 0 Å². The van der Waals surface area contributed by atoms with E-state index in [4.69, 9.17) is 15.2 Å². The smallest absolute Gasteiger partial charge is 0.223 e. The molecule has 19 heavy (non-hydrogen) atoms. The largest absolute Gasteiger partial charge is 0.377 e. The number of likely N-dealkylation sites (tertiary alicyclic amines) is 1. The molecule has 0 aliphatic carbocycles. The Balaban J connectivity index is 2.27. The van der Waals surface area contributed by atoms with E-state index in [1.807, 2.05) is 7.05 Å². The van der Waals surface area contributed by atoms with Gasteiger partial charge in [0.25, 0.3) is 0 Å². The molecular formula is C13H27N3O3. The van der Waals surface area contributed by atoms with Crippen LogP contribution in [0.1, 0.15) is 12.8 Å². The predicted octanol–water partition coefficient (Wildman–Crippen LogP) is -0.471. The normalized spacial score (nSPS) is 23.8. The van der Waals surface area contributed by atoms with E-state index in [0.29, 0.717) is 13.0 Å². The summed E-state index contributed by atoms with van der Waals surface area (Å²) in [6.07, 6.45) is 1.60. The lowest BCUT2D eigenvalue weighted by Gasteiger charge is -2.19. The maximum atomic E-state index is 11.9. The third kappa shape index (κ3) is 5.06. The van der Waals surface area contributed by atoms with Crippen LogP contribution in [0.4, 0.5) is 0 Å². The van der Waals surface area contributed by atoms with E-state index in [9.17, 15) is 4.79 Å². The molecular weight excluding hydrogens is 246 g/mol. The van der Waals surface area contributed by atoms with Crippen LogP contribution >= 0.6 is 0 Å². The highest BCUT2D eigenvalue weighted by Crippen LogP contribution is 2.15. The fraction of sp³-hybridized carbons (Fsp3) is 0.923. The van der Waals surface area contributed by atoms with Crippen LogP contribution in [-0.4, -0.2) is 81.9 Å². The monoisotopic (exact) mass is 273 g/mol. The Morgan fingerprint density at radius 1 is 1.32 bits per heavy atom. The van der Waals surface area contributed by atoms with Gasteiger partial charge in [0.2, 0.25) is 5.91 Å². The summed E-state index contributed by atoms with van der Waals surface area (Å²) in [5.41, 5.74) is 5.44. The summed E-state index contributed by atoms with van der Waals surface area (Å²) in [6.45, 7) is 3.76. The SMILES string of the molecule is COC1CN(CCC(=O)N(C)CCCN)CC1OC. The minimum Gasteiger partial charge on any atom is -0.377 e. The van der Waals surface area contributed by atoms with Crippen molar-refractivity contribution in [1.82, 2.24) is 9.80 Å². The molecule has 0 aromatic carbocycles. The maximum Gasteiger partial charge on any atom is 0.223 e. The summed E-state index contributed by atoms with van der Waals surface area (Å²) in [5, 5.41) is 0. The molecule has 1 aliphatic rings. The Bertz CT molecular complexity index is 264. The third-order valence-corrected chi connectivity index (χ3v) is 3.66. The minimum atomic E-state index is 0.107. The van der Waals surface area contributed by atoms with Crippen LogP contribution in [0.25, 0.3) is 0 Å². The topological polar surface area (TPSA) is 68.0 Å². The van der Waals surface area contributed by atoms with E-state index >= 15 is 0 Å². The summed E-state index contributed by atoms with van der Waals surface area (Å²) >= 11 is 0. The predicted molar refractivity (Wildman–Crippen MR) is 74.0 cm³/mol. The van der Waals surface area contributed by atoms with E-state index < -0.39 is 0 Å². The molecule has 2 N–H and O–H groups in total. The second kappa shape index (κ2) is 8.47. The van der Waals surface area contributed by atoms with Gasteiger partial charge < -0.3 is 20.1 Å². The Morgan fingerprint density at radius 2 is 1.89 bits per heavy atom. The van der Waals surface area contributed by atoms with Gasteiger partial charge in [-0.25, -0.2) is 0 Å². The number of carbonyl (C=O) groups excluding carboxylic acids is 1. The van der Waals surface area contributed by atoms with E-state index in [1.54, 1.807) is 19.1 Å². The van der Waals surface area contributed by atoms with Crippen molar-refractivity contribution in [1.29, 1.82) is 0 Å². The molecule has 0 aromatic heterocycles. The number of nitrogens with zero attached hydrogens (tertiary/aromatic N) is 2. The van der Waals surface area contributed by atoms with Crippen molar-refractivity contribution in [2.45, 2.75) is 25.0 Å². The molecule has 0 spiro atoms. The van der Waals surface area contributed by atoms with Crippen LogP contribution in [0.5, 0.6) is 0 Å². The van der Waals surface area contributed by atoms with Crippen molar-refractivity contribution in [3.05, 3.63) is 0 Å². The number of amides is 1. The first-order chi connectivity index (χ1) is 9.12. The number of hydrogen-bond donors (Lipinski definition) is 1. The first-order valence-electron chi connectivity index (χ1n) is 6.84. The van der Waals surface area contributed by atoms with Crippen molar-refractivity contribution in [3.63, 3.8) is 0 Å². The second-order valence-electron chi connectivity index (χ2n) is 5.02. The molecule has 112 valence electrons. The third-order valence-electron chi connectivity index (χ3n) is 3.66.